The predicted molar refractivity (Wildman–Crippen MR) is 87.7 cm³/mol. The van der Waals surface area contributed by atoms with E-state index in [9.17, 15) is 0 Å². The third-order valence-electron chi connectivity index (χ3n) is 5.31. The van der Waals surface area contributed by atoms with Gasteiger partial charge < -0.3 is 12.3 Å². The molecule has 6 N–H and O–H groups in total. The van der Waals surface area contributed by atoms with Crippen molar-refractivity contribution >= 4 is 0 Å². The van der Waals surface area contributed by atoms with E-state index in [1.807, 2.05) is 0 Å². The van der Waals surface area contributed by atoms with Crippen LogP contribution in [0.25, 0.3) is 0 Å². The van der Waals surface area contributed by atoms with Gasteiger partial charge in [0.25, 0.3) is 0 Å². The first-order chi connectivity index (χ1) is 8.63. The Hall–Kier alpha value is -1.38. The van der Waals surface area contributed by atoms with Gasteiger partial charge in [0, 0.05) is 0 Å². The molecule has 2 aliphatic rings. The van der Waals surface area contributed by atoms with Gasteiger partial charge in [0.15, 0.2) is 0 Å². The largest absolute Gasteiger partial charge is 0.344 e. The number of allylic oxidation sites excluding steroid dienone is 4. The van der Waals surface area contributed by atoms with Gasteiger partial charge >= 0.3 is 0 Å². The molecule has 0 aliphatic heterocycles. The highest BCUT2D eigenvalue weighted by Gasteiger charge is 2.42. The van der Waals surface area contributed by atoms with Gasteiger partial charge in [-0.15, -0.1) is 0 Å². The van der Waals surface area contributed by atoms with Crippen LogP contribution in [0, 0.1) is 11.3 Å². The summed E-state index contributed by atoms with van der Waals surface area (Å²) in [5.41, 5.74) is 4.96. The lowest BCUT2D eigenvalue weighted by atomic mass is 9.63. The second-order valence-corrected chi connectivity index (χ2v) is 6.15. The van der Waals surface area contributed by atoms with E-state index < -0.39 is 0 Å². The highest BCUT2D eigenvalue weighted by molar-refractivity contribution is 5.40. The quantitative estimate of drug-likeness (QED) is 0.737. The van der Waals surface area contributed by atoms with Gasteiger partial charge in [0.05, 0.1) is 0 Å². The standard InChI is InChI=1S/C18H22.2H3N/c1-13-7-6-12-18(3,14(13)2)17-11-10-15-8-4-5-9-16(15)17;;/h4-9,12,14,17H,10-11H2,1-3H3;2*1H3. The first-order valence-electron chi connectivity index (χ1n) is 7.07. The van der Waals surface area contributed by atoms with Crippen LogP contribution in [0.4, 0.5) is 0 Å². The predicted octanol–water partition coefficient (Wildman–Crippen LogP) is 5.20. The fourth-order valence-corrected chi connectivity index (χ4v) is 3.81. The lowest BCUT2D eigenvalue weighted by molar-refractivity contribution is 0.245. The molecular weight excluding hydrogens is 244 g/mol. The second kappa shape index (κ2) is 5.94. The van der Waals surface area contributed by atoms with Crippen LogP contribution >= 0.6 is 0 Å². The van der Waals surface area contributed by atoms with E-state index >= 15 is 0 Å². The van der Waals surface area contributed by atoms with E-state index in [1.54, 1.807) is 11.1 Å². The molecule has 2 heteroatoms. The first kappa shape index (κ1) is 16.7. The lowest BCUT2D eigenvalue weighted by Crippen LogP contribution is -2.31. The third kappa shape index (κ3) is 2.34. The van der Waals surface area contributed by atoms with Crippen LogP contribution in [0.5, 0.6) is 0 Å². The third-order valence-corrected chi connectivity index (χ3v) is 5.31. The summed E-state index contributed by atoms with van der Waals surface area (Å²) < 4.78 is 0. The minimum absolute atomic E-state index is 0. The van der Waals surface area contributed by atoms with Crippen molar-refractivity contribution in [2.24, 2.45) is 11.3 Å². The Morgan fingerprint density at radius 3 is 2.60 bits per heavy atom. The van der Waals surface area contributed by atoms with E-state index in [4.69, 9.17) is 0 Å². The number of aryl methyl sites for hydroxylation is 1. The van der Waals surface area contributed by atoms with Crippen LogP contribution in [-0.4, -0.2) is 0 Å². The molecule has 1 aromatic rings. The molecule has 3 atom stereocenters. The Kier molecular flexibility index (Phi) is 4.95. The van der Waals surface area contributed by atoms with Gasteiger partial charge in [-0.1, -0.05) is 61.9 Å². The molecule has 0 aromatic heterocycles. The molecule has 3 rings (SSSR count). The van der Waals surface area contributed by atoms with Gasteiger partial charge in [-0.2, -0.15) is 0 Å². The van der Waals surface area contributed by atoms with Crippen LogP contribution in [-0.2, 0) is 6.42 Å². The molecule has 2 nitrogen and oxygen atoms in total. The monoisotopic (exact) mass is 272 g/mol. The fourth-order valence-electron chi connectivity index (χ4n) is 3.81. The maximum atomic E-state index is 2.44. The van der Waals surface area contributed by atoms with Crippen LogP contribution in [0.2, 0.25) is 0 Å². The van der Waals surface area contributed by atoms with Gasteiger partial charge in [0.1, 0.15) is 0 Å². The van der Waals surface area contributed by atoms with Crippen molar-refractivity contribution in [1.82, 2.24) is 12.3 Å². The maximum Gasteiger partial charge on any atom is -0.00118 e. The zero-order valence-electron chi connectivity index (χ0n) is 13.0. The summed E-state index contributed by atoms with van der Waals surface area (Å²) in [5, 5.41) is 0. The first-order valence-corrected chi connectivity index (χ1v) is 7.07. The molecule has 0 spiro atoms. The van der Waals surface area contributed by atoms with Crippen molar-refractivity contribution in [3.05, 3.63) is 59.2 Å². The molecule has 20 heavy (non-hydrogen) atoms. The summed E-state index contributed by atoms with van der Waals surface area (Å²) >= 11 is 0. The van der Waals surface area contributed by atoms with Crippen molar-refractivity contribution in [1.29, 1.82) is 0 Å². The Morgan fingerprint density at radius 2 is 1.85 bits per heavy atom. The van der Waals surface area contributed by atoms with E-state index in [-0.39, 0.29) is 17.7 Å². The van der Waals surface area contributed by atoms with Crippen molar-refractivity contribution in [2.75, 3.05) is 0 Å². The zero-order chi connectivity index (χ0) is 12.8. The topological polar surface area (TPSA) is 70.0 Å². The van der Waals surface area contributed by atoms with Crippen molar-refractivity contribution in [3.63, 3.8) is 0 Å². The minimum Gasteiger partial charge on any atom is -0.344 e. The molecule has 3 unspecified atom stereocenters. The summed E-state index contributed by atoms with van der Waals surface area (Å²) in [6.45, 7) is 7.10. The summed E-state index contributed by atoms with van der Waals surface area (Å²) in [4.78, 5) is 0. The van der Waals surface area contributed by atoms with Gasteiger partial charge in [0.2, 0.25) is 0 Å². The van der Waals surface area contributed by atoms with E-state index in [1.165, 1.54) is 18.4 Å². The van der Waals surface area contributed by atoms with E-state index in [0.717, 1.165) is 0 Å². The molecule has 0 fully saturated rings. The molecule has 0 bridgehead atoms. The van der Waals surface area contributed by atoms with Crippen LogP contribution in [0.3, 0.4) is 0 Å². The molecule has 110 valence electrons. The normalized spacial score (nSPS) is 30.9. The van der Waals surface area contributed by atoms with Crippen LogP contribution in [0.1, 0.15) is 44.2 Å². The smallest absolute Gasteiger partial charge is 0.00118 e. The maximum absolute atomic E-state index is 2.44. The molecule has 0 saturated heterocycles. The number of fused-ring (bicyclic) bond motifs is 1. The average molecular weight is 272 g/mol. The Labute approximate surface area is 123 Å². The summed E-state index contributed by atoms with van der Waals surface area (Å²) in [5.74, 6) is 1.32. The van der Waals surface area contributed by atoms with Gasteiger partial charge in [-0.3, -0.25) is 0 Å². The number of hydrogen-bond donors (Lipinski definition) is 2. The Morgan fingerprint density at radius 1 is 1.15 bits per heavy atom. The van der Waals surface area contributed by atoms with Crippen molar-refractivity contribution < 1.29 is 0 Å². The summed E-state index contributed by atoms with van der Waals surface area (Å²) in [6.07, 6.45) is 9.53. The van der Waals surface area contributed by atoms with Crippen molar-refractivity contribution in [3.8, 4) is 0 Å². The molecule has 0 saturated carbocycles. The second-order valence-electron chi connectivity index (χ2n) is 6.15. The Balaban J connectivity index is 0.000001000. The zero-order valence-corrected chi connectivity index (χ0v) is 13.0. The van der Waals surface area contributed by atoms with Gasteiger partial charge in [-0.05, 0) is 48.1 Å². The lowest BCUT2D eigenvalue weighted by Gasteiger charge is -2.41. The SMILES string of the molecule is CC1=CC=CC(C)(C2CCc3ccccc32)C1C.N.N. The highest BCUT2D eigenvalue weighted by atomic mass is 14.5. The van der Waals surface area contributed by atoms with Crippen LogP contribution in [0.15, 0.2) is 48.1 Å². The van der Waals surface area contributed by atoms with E-state index in [2.05, 4.69) is 63.3 Å². The molecule has 0 radical (unpaired) electrons. The minimum atomic E-state index is 0. The molecule has 2 aliphatic carbocycles. The fraction of sp³-hybridized carbons (Fsp3) is 0.444. The molecule has 1 aromatic carbocycles. The molecular formula is C18H28N2. The Bertz CT molecular complexity index is 530. The van der Waals surface area contributed by atoms with Crippen molar-refractivity contribution in [2.45, 2.75) is 39.5 Å². The molecule has 0 amide bonds. The summed E-state index contributed by atoms with van der Waals surface area (Å²) in [7, 11) is 0. The van der Waals surface area contributed by atoms with Crippen LogP contribution < -0.4 is 12.3 Å². The number of rotatable bonds is 1. The number of hydrogen-bond acceptors (Lipinski definition) is 2. The summed E-state index contributed by atoms with van der Waals surface area (Å²) in [6, 6.07) is 9.01. The highest BCUT2D eigenvalue weighted by Crippen LogP contribution is 2.52. The number of benzene rings is 1. The molecule has 0 heterocycles. The average Bonchev–Trinajstić information content (AvgIpc) is 2.80. The van der Waals surface area contributed by atoms with Gasteiger partial charge in [-0.25, -0.2) is 0 Å². The van der Waals surface area contributed by atoms with E-state index in [0.29, 0.717) is 11.8 Å².